The van der Waals surface area contributed by atoms with Crippen LogP contribution in [0.1, 0.15) is 46.0 Å². The Hall–Kier alpha value is -0.130. The molecule has 0 N–H and O–H groups in total. The predicted molar refractivity (Wildman–Crippen MR) is 74.4 cm³/mol. The number of sulfonamides is 1. The Morgan fingerprint density at radius 1 is 1.21 bits per heavy atom. The van der Waals surface area contributed by atoms with Crippen LogP contribution < -0.4 is 0 Å². The van der Waals surface area contributed by atoms with Crippen LogP contribution in [0.5, 0.6) is 0 Å². The van der Waals surface area contributed by atoms with Gasteiger partial charge in [0.05, 0.1) is 6.10 Å². The monoisotopic (exact) mass is 287 g/mol. The van der Waals surface area contributed by atoms with Crippen molar-refractivity contribution in [1.82, 2.24) is 4.31 Å². The van der Waals surface area contributed by atoms with Crippen LogP contribution >= 0.6 is 0 Å². The number of ether oxygens (including phenoxy) is 1. The van der Waals surface area contributed by atoms with Crippen molar-refractivity contribution in [3.63, 3.8) is 0 Å². The van der Waals surface area contributed by atoms with Crippen molar-refractivity contribution in [2.45, 2.75) is 57.3 Å². The van der Waals surface area contributed by atoms with Crippen LogP contribution in [0, 0.1) is 11.3 Å². The molecule has 0 aromatic carbocycles. The van der Waals surface area contributed by atoms with Gasteiger partial charge in [0.2, 0.25) is 10.0 Å². The van der Waals surface area contributed by atoms with E-state index in [1.54, 1.807) is 4.31 Å². The van der Waals surface area contributed by atoms with E-state index in [0.717, 1.165) is 25.4 Å². The third-order valence-corrected chi connectivity index (χ3v) is 7.82. The molecule has 2 aliphatic heterocycles. The molecule has 0 aromatic rings. The third kappa shape index (κ3) is 2.34. The molecule has 1 aliphatic carbocycles. The first-order valence-corrected chi connectivity index (χ1v) is 9.04. The minimum Gasteiger partial charge on any atom is -0.377 e. The van der Waals surface area contributed by atoms with E-state index in [2.05, 4.69) is 6.92 Å². The lowest BCUT2D eigenvalue weighted by molar-refractivity contribution is 0.125. The molecule has 0 bridgehead atoms. The van der Waals surface area contributed by atoms with Crippen LogP contribution in [-0.4, -0.2) is 43.8 Å². The summed E-state index contributed by atoms with van der Waals surface area (Å²) in [5.74, 6) is 0.761. The van der Waals surface area contributed by atoms with Crippen LogP contribution in [-0.2, 0) is 14.8 Å². The molecule has 4 atom stereocenters. The molecule has 0 aromatic heterocycles. The van der Waals surface area contributed by atoms with E-state index in [1.165, 1.54) is 19.3 Å². The second kappa shape index (κ2) is 4.71. The predicted octanol–water partition coefficient (Wildman–Crippen LogP) is 2.01. The Bertz CT molecular complexity index is 450. The summed E-state index contributed by atoms with van der Waals surface area (Å²) in [5.41, 5.74) is 0.287. The Morgan fingerprint density at radius 3 is 2.58 bits per heavy atom. The molecule has 0 radical (unpaired) electrons. The smallest absolute Gasteiger partial charge is 0.219 e. The summed E-state index contributed by atoms with van der Waals surface area (Å²) in [6.07, 6.45) is 5.23. The molecule has 0 unspecified atom stereocenters. The fourth-order valence-electron chi connectivity index (χ4n) is 4.27. The average molecular weight is 287 g/mol. The molecule has 2 heterocycles. The molecule has 4 nitrogen and oxygen atoms in total. The van der Waals surface area contributed by atoms with Gasteiger partial charge in [-0.25, -0.2) is 12.7 Å². The van der Waals surface area contributed by atoms with Gasteiger partial charge in [0.15, 0.2) is 0 Å². The van der Waals surface area contributed by atoms with Crippen LogP contribution in [0.15, 0.2) is 0 Å². The van der Waals surface area contributed by atoms with E-state index in [1.807, 2.05) is 6.92 Å². The highest BCUT2D eigenvalue weighted by Crippen LogP contribution is 2.49. The quantitative estimate of drug-likeness (QED) is 0.780. The van der Waals surface area contributed by atoms with Gasteiger partial charge in [0.25, 0.3) is 0 Å². The topological polar surface area (TPSA) is 46.6 Å². The lowest BCUT2D eigenvalue weighted by atomic mass is 9.85. The summed E-state index contributed by atoms with van der Waals surface area (Å²) in [5, 5.41) is -0.318. The van der Waals surface area contributed by atoms with Gasteiger partial charge in [-0.3, -0.25) is 0 Å². The van der Waals surface area contributed by atoms with E-state index >= 15 is 0 Å². The summed E-state index contributed by atoms with van der Waals surface area (Å²) in [4.78, 5) is 0. The van der Waals surface area contributed by atoms with Gasteiger partial charge in [-0.2, -0.15) is 0 Å². The molecule has 3 rings (SSSR count). The second-order valence-electron chi connectivity index (χ2n) is 6.88. The van der Waals surface area contributed by atoms with Gasteiger partial charge < -0.3 is 4.74 Å². The molecule has 1 saturated carbocycles. The Labute approximate surface area is 116 Å². The normalized spacial score (nSPS) is 44.4. The van der Waals surface area contributed by atoms with E-state index in [-0.39, 0.29) is 16.8 Å². The molecule has 19 heavy (non-hydrogen) atoms. The molecule has 110 valence electrons. The van der Waals surface area contributed by atoms with E-state index in [4.69, 9.17) is 4.74 Å². The molecular formula is C14H25NO3S. The maximum Gasteiger partial charge on any atom is 0.219 e. The maximum absolute atomic E-state index is 12.7. The highest BCUT2D eigenvalue weighted by Gasteiger charge is 2.49. The zero-order valence-corrected chi connectivity index (χ0v) is 12.8. The zero-order valence-electron chi connectivity index (χ0n) is 12.0. The van der Waals surface area contributed by atoms with Gasteiger partial charge >= 0.3 is 0 Å². The zero-order chi connectivity index (χ0) is 13.7. The van der Waals surface area contributed by atoms with Crippen molar-refractivity contribution in [2.24, 2.45) is 11.3 Å². The average Bonchev–Trinajstić information content (AvgIpc) is 3.02. The maximum atomic E-state index is 12.7. The number of rotatable bonds is 2. The first-order chi connectivity index (χ1) is 8.93. The van der Waals surface area contributed by atoms with Gasteiger partial charge in [0, 0.05) is 19.7 Å². The summed E-state index contributed by atoms with van der Waals surface area (Å²) in [6, 6.07) is 0. The van der Waals surface area contributed by atoms with Crippen LogP contribution in [0.2, 0.25) is 0 Å². The summed E-state index contributed by atoms with van der Waals surface area (Å²) < 4.78 is 32.6. The lowest BCUT2D eigenvalue weighted by Crippen LogP contribution is -2.41. The lowest BCUT2D eigenvalue weighted by Gasteiger charge is -2.26. The van der Waals surface area contributed by atoms with Crippen LogP contribution in [0.25, 0.3) is 0 Å². The first kappa shape index (κ1) is 13.8. The number of hydrogen-bond donors (Lipinski definition) is 0. The van der Waals surface area contributed by atoms with Crippen molar-refractivity contribution in [3.8, 4) is 0 Å². The van der Waals surface area contributed by atoms with Crippen LogP contribution in [0.4, 0.5) is 0 Å². The molecule has 0 amide bonds. The van der Waals surface area contributed by atoms with Gasteiger partial charge in [-0.05, 0) is 43.9 Å². The fourth-order valence-corrected chi connectivity index (χ4v) is 6.41. The van der Waals surface area contributed by atoms with Crippen molar-refractivity contribution >= 4 is 10.0 Å². The SMILES string of the molecule is C[C@@H]1CC[C@]2(CCN(S(=O)(=O)[C@H]3CCO[C@H]3C)C2)C1. The number of hydrogen-bond acceptors (Lipinski definition) is 3. The standard InChI is InChI=1S/C14H25NO3S/c1-11-3-5-14(9-11)6-7-15(10-14)19(16,17)13-4-8-18-12(13)2/h11-13H,3-10H2,1-2H3/t11-,12+,13+,14+/m1/s1. The summed E-state index contributed by atoms with van der Waals surface area (Å²) in [6.45, 7) is 6.24. The highest BCUT2D eigenvalue weighted by molar-refractivity contribution is 7.89. The molecule has 3 fully saturated rings. The molecule has 2 saturated heterocycles. The van der Waals surface area contributed by atoms with E-state index in [0.29, 0.717) is 13.0 Å². The Morgan fingerprint density at radius 2 is 2.00 bits per heavy atom. The van der Waals surface area contributed by atoms with Gasteiger partial charge in [0.1, 0.15) is 5.25 Å². The van der Waals surface area contributed by atoms with Crippen molar-refractivity contribution in [3.05, 3.63) is 0 Å². The summed E-state index contributed by atoms with van der Waals surface area (Å²) >= 11 is 0. The first-order valence-electron chi connectivity index (χ1n) is 7.54. The molecule has 3 aliphatic rings. The van der Waals surface area contributed by atoms with Crippen molar-refractivity contribution < 1.29 is 13.2 Å². The van der Waals surface area contributed by atoms with Crippen LogP contribution in [0.3, 0.4) is 0 Å². The van der Waals surface area contributed by atoms with Crippen molar-refractivity contribution in [1.29, 1.82) is 0 Å². The largest absolute Gasteiger partial charge is 0.377 e. The Kier molecular flexibility index (Phi) is 3.43. The third-order valence-electron chi connectivity index (χ3n) is 5.40. The second-order valence-corrected chi connectivity index (χ2v) is 9.03. The minimum atomic E-state index is -3.16. The molecular weight excluding hydrogens is 262 g/mol. The number of nitrogens with zero attached hydrogens (tertiary/aromatic N) is 1. The van der Waals surface area contributed by atoms with E-state index in [9.17, 15) is 8.42 Å². The highest BCUT2D eigenvalue weighted by atomic mass is 32.2. The summed E-state index contributed by atoms with van der Waals surface area (Å²) in [7, 11) is -3.16. The van der Waals surface area contributed by atoms with Crippen molar-refractivity contribution in [2.75, 3.05) is 19.7 Å². The Balaban J connectivity index is 1.74. The molecule has 5 heteroatoms. The van der Waals surface area contributed by atoms with E-state index < -0.39 is 10.0 Å². The van der Waals surface area contributed by atoms with Gasteiger partial charge in [-0.1, -0.05) is 13.3 Å². The van der Waals surface area contributed by atoms with Gasteiger partial charge in [-0.15, -0.1) is 0 Å². The minimum absolute atomic E-state index is 0.149. The fraction of sp³-hybridized carbons (Fsp3) is 1.00. The molecule has 1 spiro atoms.